The van der Waals surface area contributed by atoms with Crippen LogP contribution >= 0.6 is 11.8 Å². The van der Waals surface area contributed by atoms with Crippen LogP contribution in [0, 0.1) is 12.3 Å². The Kier molecular flexibility index (Phi) is 5.28. The van der Waals surface area contributed by atoms with Gasteiger partial charge in [0, 0.05) is 5.69 Å². The van der Waals surface area contributed by atoms with E-state index < -0.39 is 0 Å². The molecular weight excluding hydrogens is 286 g/mol. The third-order valence-electron chi connectivity index (χ3n) is 3.68. The van der Waals surface area contributed by atoms with Crippen LogP contribution < -0.4 is 5.32 Å². The lowest BCUT2D eigenvalue weighted by molar-refractivity contribution is -0.141. The molecule has 1 aliphatic carbocycles. The first-order valence-electron chi connectivity index (χ1n) is 7.04. The van der Waals surface area contributed by atoms with Crippen LogP contribution in [0.3, 0.4) is 0 Å². The van der Waals surface area contributed by atoms with Crippen molar-refractivity contribution in [1.82, 2.24) is 0 Å². The zero-order valence-electron chi connectivity index (χ0n) is 12.5. The van der Waals surface area contributed by atoms with Gasteiger partial charge in [-0.1, -0.05) is 17.7 Å². The lowest BCUT2D eigenvalue weighted by atomic mass is 10.1. The third-order valence-corrected chi connectivity index (χ3v) is 4.96. The molecule has 0 radical (unpaired) electrons. The van der Waals surface area contributed by atoms with Gasteiger partial charge in [0.1, 0.15) is 0 Å². The number of rotatable bonds is 7. The van der Waals surface area contributed by atoms with Crippen LogP contribution in [-0.4, -0.2) is 30.5 Å². The van der Waals surface area contributed by atoms with Crippen LogP contribution in [0.15, 0.2) is 24.3 Å². The van der Waals surface area contributed by atoms with Crippen molar-refractivity contribution in [3.63, 3.8) is 0 Å². The fourth-order valence-electron chi connectivity index (χ4n) is 2.12. The molecule has 21 heavy (non-hydrogen) atoms. The van der Waals surface area contributed by atoms with Gasteiger partial charge in [0.05, 0.1) is 19.3 Å². The van der Waals surface area contributed by atoms with Crippen molar-refractivity contribution in [2.75, 3.05) is 23.9 Å². The molecule has 4 nitrogen and oxygen atoms in total. The van der Waals surface area contributed by atoms with Crippen molar-refractivity contribution < 1.29 is 14.3 Å². The van der Waals surface area contributed by atoms with Gasteiger partial charge in [-0.25, -0.2) is 0 Å². The van der Waals surface area contributed by atoms with E-state index in [0.717, 1.165) is 24.3 Å². The minimum atomic E-state index is -0.155. The largest absolute Gasteiger partial charge is 0.469 e. The minimum absolute atomic E-state index is 0.00211. The van der Waals surface area contributed by atoms with E-state index in [4.69, 9.17) is 4.74 Å². The molecule has 0 saturated heterocycles. The molecule has 1 saturated carbocycles. The Bertz CT molecular complexity index is 509. The minimum Gasteiger partial charge on any atom is -0.469 e. The number of carbonyl (C=O) groups is 2. The molecule has 1 aromatic carbocycles. The summed E-state index contributed by atoms with van der Waals surface area (Å²) in [5.41, 5.74) is 2.06. The molecule has 1 aromatic rings. The van der Waals surface area contributed by atoms with Crippen LogP contribution in [0.4, 0.5) is 5.69 Å². The van der Waals surface area contributed by atoms with Crippen molar-refractivity contribution in [2.45, 2.75) is 26.2 Å². The van der Waals surface area contributed by atoms with E-state index in [-0.39, 0.29) is 17.3 Å². The van der Waals surface area contributed by atoms with Gasteiger partial charge in [-0.15, -0.1) is 0 Å². The van der Waals surface area contributed by atoms with Gasteiger partial charge < -0.3 is 10.1 Å². The zero-order valence-corrected chi connectivity index (χ0v) is 13.3. The summed E-state index contributed by atoms with van der Waals surface area (Å²) in [7, 11) is 1.42. The van der Waals surface area contributed by atoms with E-state index in [1.54, 1.807) is 11.8 Å². The molecule has 5 heteroatoms. The Morgan fingerprint density at radius 1 is 1.29 bits per heavy atom. The molecule has 1 amide bonds. The number of aryl methyl sites for hydroxylation is 1. The molecule has 0 aromatic heterocycles. The Labute approximate surface area is 129 Å². The first-order valence-corrected chi connectivity index (χ1v) is 8.20. The number of hydrogen-bond acceptors (Lipinski definition) is 4. The predicted molar refractivity (Wildman–Crippen MR) is 85.4 cm³/mol. The molecule has 1 aliphatic rings. The topological polar surface area (TPSA) is 55.4 Å². The summed E-state index contributed by atoms with van der Waals surface area (Å²) < 4.78 is 4.71. The number of thioether (sulfide) groups is 1. The number of ether oxygens (including phenoxy) is 1. The van der Waals surface area contributed by atoms with E-state index in [0.29, 0.717) is 12.2 Å². The molecule has 1 fully saturated rings. The Morgan fingerprint density at radius 3 is 2.52 bits per heavy atom. The summed E-state index contributed by atoms with van der Waals surface area (Å²) in [5.74, 6) is 1.09. The second-order valence-corrected chi connectivity index (χ2v) is 6.65. The summed E-state index contributed by atoms with van der Waals surface area (Å²) in [6.07, 6.45) is 2.57. The summed E-state index contributed by atoms with van der Waals surface area (Å²) >= 11 is 1.59. The van der Waals surface area contributed by atoms with Crippen molar-refractivity contribution in [1.29, 1.82) is 0 Å². The van der Waals surface area contributed by atoms with Crippen LogP contribution in [0.2, 0.25) is 0 Å². The van der Waals surface area contributed by atoms with Gasteiger partial charge in [-0.2, -0.15) is 11.8 Å². The number of nitrogens with one attached hydrogen (secondary N) is 1. The van der Waals surface area contributed by atoms with Gasteiger partial charge in [-0.05, 0) is 43.1 Å². The lowest BCUT2D eigenvalue weighted by Crippen LogP contribution is -2.17. The quantitative estimate of drug-likeness (QED) is 0.787. The molecule has 0 heterocycles. The summed E-state index contributed by atoms with van der Waals surface area (Å²) in [6, 6.07) is 7.74. The van der Waals surface area contributed by atoms with Crippen molar-refractivity contribution in [3.05, 3.63) is 29.8 Å². The van der Waals surface area contributed by atoms with Gasteiger partial charge >= 0.3 is 5.97 Å². The maximum atomic E-state index is 11.9. The number of benzene rings is 1. The molecular formula is C16H21NO3S. The highest BCUT2D eigenvalue weighted by Gasteiger charge is 2.44. The number of amides is 1. The maximum absolute atomic E-state index is 11.9. The number of methoxy groups -OCH3 is 1. The predicted octanol–water partition coefficient (Wildman–Crippen LogP) is 3.01. The Balaban J connectivity index is 1.70. The van der Waals surface area contributed by atoms with Crippen molar-refractivity contribution in [2.24, 2.45) is 5.41 Å². The number of carbonyl (C=O) groups excluding carboxylic acids is 2. The van der Waals surface area contributed by atoms with Crippen molar-refractivity contribution >= 4 is 29.3 Å². The second-order valence-electron chi connectivity index (χ2n) is 5.66. The number of esters is 1. The summed E-state index contributed by atoms with van der Waals surface area (Å²) in [6.45, 7) is 2.01. The van der Waals surface area contributed by atoms with Gasteiger partial charge in [-0.3, -0.25) is 9.59 Å². The van der Waals surface area contributed by atoms with Gasteiger partial charge in [0.2, 0.25) is 5.91 Å². The monoisotopic (exact) mass is 307 g/mol. The van der Waals surface area contributed by atoms with E-state index in [9.17, 15) is 9.59 Å². The smallest absolute Gasteiger partial charge is 0.306 e. The Morgan fingerprint density at radius 2 is 1.95 bits per heavy atom. The first-order chi connectivity index (χ1) is 10.0. The highest BCUT2D eigenvalue weighted by Crippen LogP contribution is 2.51. The Hall–Kier alpha value is -1.49. The van der Waals surface area contributed by atoms with E-state index in [1.807, 2.05) is 31.2 Å². The second kappa shape index (κ2) is 6.98. The lowest BCUT2D eigenvalue weighted by Gasteiger charge is -2.13. The molecule has 114 valence electrons. The number of hydrogen-bond donors (Lipinski definition) is 1. The molecule has 0 atom stereocenters. The fourth-order valence-corrected chi connectivity index (χ4v) is 3.30. The molecule has 0 unspecified atom stereocenters. The molecule has 1 N–H and O–H groups in total. The van der Waals surface area contributed by atoms with E-state index in [2.05, 4.69) is 5.32 Å². The van der Waals surface area contributed by atoms with E-state index in [1.165, 1.54) is 12.7 Å². The highest BCUT2D eigenvalue weighted by molar-refractivity contribution is 8.00. The van der Waals surface area contributed by atoms with Crippen molar-refractivity contribution in [3.8, 4) is 0 Å². The zero-order chi connectivity index (χ0) is 15.3. The van der Waals surface area contributed by atoms with E-state index >= 15 is 0 Å². The average molecular weight is 307 g/mol. The molecule has 2 rings (SSSR count). The average Bonchev–Trinajstić information content (AvgIpc) is 3.21. The van der Waals surface area contributed by atoms with Gasteiger partial charge in [0.15, 0.2) is 0 Å². The van der Waals surface area contributed by atoms with Crippen LogP contribution in [0.1, 0.15) is 24.8 Å². The first kappa shape index (κ1) is 15.9. The summed E-state index contributed by atoms with van der Waals surface area (Å²) in [4.78, 5) is 23.2. The molecule has 0 aliphatic heterocycles. The standard InChI is InChI=1S/C16H21NO3S/c1-12-3-5-13(6-4-12)17-14(18)10-21-11-16(7-8-16)9-15(19)20-2/h3-6H,7-11H2,1-2H3,(H,17,18). The fraction of sp³-hybridized carbons (Fsp3) is 0.500. The van der Waals surface area contributed by atoms with Crippen LogP contribution in [0.5, 0.6) is 0 Å². The highest BCUT2D eigenvalue weighted by atomic mass is 32.2. The number of anilines is 1. The van der Waals surface area contributed by atoms with Crippen LogP contribution in [-0.2, 0) is 14.3 Å². The van der Waals surface area contributed by atoms with Gasteiger partial charge in [0.25, 0.3) is 0 Å². The molecule has 0 spiro atoms. The summed E-state index contributed by atoms with van der Waals surface area (Å²) in [5, 5.41) is 2.88. The van der Waals surface area contributed by atoms with Crippen LogP contribution in [0.25, 0.3) is 0 Å². The third kappa shape index (κ3) is 5.08. The molecule has 0 bridgehead atoms. The maximum Gasteiger partial charge on any atom is 0.306 e. The normalized spacial score (nSPS) is 15.3. The SMILES string of the molecule is COC(=O)CC1(CSCC(=O)Nc2ccc(C)cc2)CC1.